The van der Waals surface area contributed by atoms with Crippen LogP contribution in [-0.2, 0) is 10.0 Å². The molecule has 0 atom stereocenters. The minimum Gasteiger partial charge on any atom is -0.258 e. The van der Waals surface area contributed by atoms with Crippen molar-refractivity contribution in [2.24, 2.45) is 0 Å². The van der Waals surface area contributed by atoms with Gasteiger partial charge >= 0.3 is 5.69 Å². The van der Waals surface area contributed by atoms with Crippen LogP contribution >= 0.6 is 0 Å². The molecule has 0 N–H and O–H groups in total. The fraction of sp³-hybridized carbons (Fsp3) is 0.500. The van der Waals surface area contributed by atoms with E-state index in [1.54, 1.807) is 0 Å². The van der Waals surface area contributed by atoms with Crippen LogP contribution in [-0.4, -0.2) is 30.2 Å². The van der Waals surface area contributed by atoms with E-state index in [0.29, 0.717) is 6.42 Å². The lowest BCUT2D eigenvalue weighted by Gasteiger charge is -2.21. The molecule has 2 rings (SSSR count). The number of nitrogens with zero attached hydrogens (tertiary/aromatic N) is 2. The van der Waals surface area contributed by atoms with Gasteiger partial charge in [0.15, 0.2) is 4.90 Å². The Hall–Kier alpha value is -1.54. The first-order valence-corrected chi connectivity index (χ1v) is 7.78. The van der Waals surface area contributed by atoms with E-state index in [-0.39, 0.29) is 12.6 Å². The monoisotopic (exact) mass is 302 g/mol. The van der Waals surface area contributed by atoms with Gasteiger partial charge in [-0.25, -0.2) is 8.42 Å². The maximum Gasteiger partial charge on any atom is 0.324 e. The van der Waals surface area contributed by atoms with E-state index in [0.717, 1.165) is 25.0 Å². The number of hydrogen-bond acceptors (Lipinski definition) is 4. The molecule has 6 nitrogen and oxygen atoms in total. The lowest BCUT2D eigenvalue weighted by atomic mass is 10.3. The van der Waals surface area contributed by atoms with Crippen LogP contribution in [0.15, 0.2) is 23.1 Å². The van der Waals surface area contributed by atoms with Crippen molar-refractivity contribution >= 4 is 15.7 Å². The third kappa shape index (κ3) is 2.66. The Balaban J connectivity index is 2.53. The zero-order valence-corrected chi connectivity index (χ0v) is 11.8. The predicted molar refractivity (Wildman–Crippen MR) is 70.3 cm³/mol. The summed E-state index contributed by atoms with van der Waals surface area (Å²) in [7, 11) is -4.05. The number of rotatable bonds is 6. The van der Waals surface area contributed by atoms with E-state index < -0.39 is 31.3 Å². The van der Waals surface area contributed by atoms with E-state index in [1.807, 2.05) is 6.92 Å². The molecule has 1 saturated carbocycles. The van der Waals surface area contributed by atoms with Crippen molar-refractivity contribution in [1.82, 2.24) is 4.31 Å². The van der Waals surface area contributed by atoms with E-state index in [1.165, 1.54) is 10.4 Å². The highest BCUT2D eigenvalue weighted by atomic mass is 32.2. The Morgan fingerprint density at radius 1 is 1.45 bits per heavy atom. The second kappa shape index (κ2) is 5.45. The molecule has 1 aromatic carbocycles. The SMILES string of the molecule is CCCN(C1CC1)S(=O)(=O)c1cccc(F)c1[N+](=O)[O-]. The summed E-state index contributed by atoms with van der Waals surface area (Å²) < 4.78 is 39.9. The number of sulfonamides is 1. The first-order chi connectivity index (χ1) is 9.39. The van der Waals surface area contributed by atoms with Crippen molar-refractivity contribution in [3.63, 3.8) is 0 Å². The number of nitro benzene ring substituents is 1. The van der Waals surface area contributed by atoms with Crippen molar-refractivity contribution in [1.29, 1.82) is 0 Å². The van der Waals surface area contributed by atoms with Gasteiger partial charge in [-0.2, -0.15) is 8.70 Å². The summed E-state index contributed by atoms with van der Waals surface area (Å²) in [6, 6.07) is 3.02. The molecule has 0 unspecified atom stereocenters. The molecule has 1 fully saturated rings. The van der Waals surface area contributed by atoms with Crippen molar-refractivity contribution in [2.75, 3.05) is 6.54 Å². The summed E-state index contributed by atoms with van der Waals surface area (Å²) in [6.07, 6.45) is 2.07. The number of nitro groups is 1. The number of hydrogen-bond donors (Lipinski definition) is 0. The first kappa shape index (κ1) is 14.9. The van der Waals surface area contributed by atoms with Gasteiger partial charge in [-0.05, 0) is 31.4 Å². The molecule has 0 amide bonds. The van der Waals surface area contributed by atoms with Gasteiger partial charge < -0.3 is 0 Å². The summed E-state index contributed by atoms with van der Waals surface area (Å²) in [5.74, 6) is -1.14. The number of halogens is 1. The van der Waals surface area contributed by atoms with Gasteiger partial charge in [0.25, 0.3) is 0 Å². The molecule has 0 radical (unpaired) electrons. The highest BCUT2D eigenvalue weighted by molar-refractivity contribution is 7.89. The average Bonchev–Trinajstić information content (AvgIpc) is 3.19. The highest BCUT2D eigenvalue weighted by Gasteiger charge is 2.41. The van der Waals surface area contributed by atoms with Crippen molar-refractivity contribution in [3.05, 3.63) is 34.1 Å². The fourth-order valence-electron chi connectivity index (χ4n) is 2.09. The Morgan fingerprint density at radius 3 is 2.60 bits per heavy atom. The fourth-order valence-corrected chi connectivity index (χ4v) is 4.03. The maximum absolute atomic E-state index is 13.6. The summed E-state index contributed by atoms with van der Waals surface area (Å²) in [6.45, 7) is 2.10. The molecular formula is C12H15FN2O4S. The summed E-state index contributed by atoms with van der Waals surface area (Å²) >= 11 is 0. The molecule has 1 aliphatic rings. The molecule has 8 heteroatoms. The van der Waals surface area contributed by atoms with E-state index >= 15 is 0 Å². The van der Waals surface area contributed by atoms with Crippen molar-refractivity contribution < 1.29 is 17.7 Å². The zero-order chi connectivity index (χ0) is 14.9. The Kier molecular flexibility index (Phi) is 4.05. The van der Waals surface area contributed by atoms with Crippen LogP contribution in [0.3, 0.4) is 0 Å². The van der Waals surface area contributed by atoms with Crippen LogP contribution in [0, 0.1) is 15.9 Å². The molecule has 0 heterocycles. The summed E-state index contributed by atoms with van der Waals surface area (Å²) in [5.41, 5.74) is -0.978. The largest absolute Gasteiger partial charge is 0.324 e. The molecule has 0 aliphatic heterocycles. The smallest absolute Gasteiger partial charge is 0.258 e. The van der Waals surface area contributed by atoms with E-state index in [9.17, 15) is 22.9 Å². The normalized spacial score (nSPS) is 15.6. The molecule has 20 heavy (non-hydrogen) atoms. The van der Waals surface area contributed by atoms with Crippen LogP contribution in [0.5, 0.6) is 0 Å². The third-order valence-corrected chi connectivity index (χ3v) is 5.10. The van der Waals surface area contributed by atoms with Crippen LogP contribution in [0.25, 0.3) is 0 Å². The zero-order valence-electron chi connectivity index (χ0n) is 11.0. The van der Waals surface area contributed by atoms with Gasteiger partial charge in [0.1, 0.15) is 0 Å². The van der Waals surface area contributed by atoms with Crippen LogP contribution in [0.2, 0.25) is 0 Å². The highest BCUT2D eigenvalue weighted by Crippen LogP contribution is 2.35. The summed E-state index contributed by atoms with van der Waals surface area (Å²) in [5, 5.41) is 10.9. The van der Waals surface area contributed by atoms with E-state index in [2.05, 4.69) is 0 Å². The molecular weight excluding hydrogens is 287 g/mol. The lowest BCUT2D eigenvalue weighted by molar-refractivity contribution is -0.390. The Labute approximate surface area is 116 Å². The summed E-state index contributed by atoms with van der Waals surface area (Å²) in [4.78, 5) is 9.38. The third-order valence-electron chi connectivity index (χ3n) is 3.12. The van der Waals surface area contributed by atoms with Crippen LogP contribution in [0.4, 0.5) is 10.1 Å². The van der Waals surface area contributed by atoms with Gasteiger partial charge in [-0.15, -0.1) is 0 Å². The molecule has 0 saturated heterocycles. The minimum absolute atomic E-state index is 0.122. The standard InChI is InChI=1S/C12H15FN2O4S/c1-2-8-14(9-6-7-9)20(18,19)11-5-3-4-10(13)12(11)15(16)17/h3-5,9H,2,6-8H2,1H3. The molecule has 0 bridgehead atoms. The molecule has 1 aliphatic carbocycles. The predicted octanol–water partition coefficient (Wildman–Crippen LogP) is 2.30. The Morgan fingerprint density at radius 2 is 2.10 bits per heavy atom. The van der Waals surface area contributed by atoms with Crippen molar-refractivity contribution in [2.45, 2.75) is 37.1 Å². The number of para-hydroxylation sites is 1. The van der Waals surface area contributed by atoms with Gasteiger partial charge in [0.2, 0.25) is 15.8 Å². The van der Waals surface area contributed by atoms with Crippen LogP contribution in [0.1, 0.15) is 26.2 Å². The second-order valence-electron chi connectivity index (χ2n) is 4.69. The molecule has 110 valence electrons. The van der Waals surface area contributed by atoms with Gasteiger partial charge in [-0.1, -0.05) is 13.0 Å². The van der Waals surface area contributed by atoms with Gasteiger partial charge in [-0.3, -0.25) is 10.1 Å². The maximum atomic E-state index is 13.6. The van der Waals surface area contributed by atoms with E-state index in [4.69, 9.17) is 0 Å². The topological polar surface area (TPSA) is 80.5 Å². The molecule has 0 aromatic heterocycles. The quantitative estimate of drug-likeness (QED) is 0.596. The number of benzene rings is 1. The minimum atomic E-state index is -4.05. The molecule has 0 spiro atoms. The Bertz CT molecular complexity index is 628. The lowest BCUT2D eigenvalue weighted by Crippen LogP contribution is -2.34. The van der Waals surface area contributed by atoms with Crippen LogP contribution < -0.4 is 0 Å². The van der Waals surface area contributed by atoms with Gasteiger partial charge in [0, 0.05) is 12.6 Å². The first-order valence-electron chi connectivity index (χ1n) is 6.34. The van der Waals surface area contributed by atoms with Gasteiger partial charge in [0.05, 0.1) is 4.92 Å². The van der Waals surface area contributed by atoms with Crippen molar-refractivity contribution in [3.8, 4) is 0 Å². The molecule has 1 aromatic rings. The average molecular weight is 302 g/mol. The second-order valence-corrected chi connectivity index (χ2v) is 6.55.